The van der Waals surface area contributed by atoms with Crippen LogP contribution in [0.1, 0.15) is 92.8 Å². The lowest BCUT2D eigenvalue weighted by molar-refractivity contribution is -0.645. The lowest BCUT2D eigenvalue weighted by atomic mass is 9.91. The maximum atomic E-state index is 8.89. The summed E-state index contributed by atoms with van der Waals surface area (Å²) in [6.07, 6.45) is 13.0. The maximum absolute atomic E-state index is 8.89. The van der Waals surface area contributed by atoms with Crippen molar-refractivity contribution < 1.29 is 9.30 Å². The standard InChI is InChI=1S/C32H41N4O/c1-21(2)37-27-13-7-5-10-23(12-9-14-27)31-22(3)29(33)17-25-18-34-19-28(32(25)35-31)26-16-24-11-6-8-15-30(24)36(4)20-26/h6,8,11,15-17,19-21,23,27,33-34H,5,7,9-10,12-14,18H2,1-4H3/q+1. The molecule has 2 aliphatic rings. The van der Waals surface area contributed by atoms with Crippen LogP contribution in [0.3, 0.4) is 0 Å². The maximum Gasteiger partial charge on any atom is 0.212 e. The summed E-state index contributed by atoms with van der Waals surface area (Å²) in [7, 11) is 2.10. The van der Waals surface area contributed by atoms with Gasteiger partial charge in [0.25, 0.3) is 0 Å². The van der Waals surface area contributed by atoms with Crippen LogP contribution < -0.4 is 15.2 Å². The smallest absolute Gasteiger partial charge is 0.212 e. The molecular weight excluding hydrogens is 456 g/mol. The van der Waals surface area contributed by atoms with E-state index in [1.165, 1.54) is 23.7 Å². The lowest BCUT2D eigenvalue weighted by Gasteiger charge is -2.20. The summed E-state index contributed by atoms with van der Waals surface area (Å²) in [6.45, 7) is 7.08. The molecule has 37 heavy (non-hydrogen) atoms. The first kappa shape index (κ1) is 25.6. The number of para-hydroxylation sites is 1. The molecule has 3 aromatic rings. The summed E-state index contributed by atoms with van der Waals surface area (Å²) in [6, 6.07) is 12.8. The second-order valence-electron chi connectivity index (χ2n) is 11.1. The van der Waals surface area contributed by atoms with Crippen molar-refractivity contribution in [2.45, 2.75) is 90.4 Å². The average molecular weight is 498 g/mol. The van der Waals surface area contributed by atoms with Gasteiger partial charge in [-0.05, 0) is 75.8 Å². The van der Waals surface area contributed by atoms with Gasteiger partial charge in [-0.15, -0.1) is 0 Å². The number of benzene rings is 1. The SMILES string of the molecule is Cc1c(C2CCCCC(OC(C)C)CCC2)nc2c(cc1=N)CNC=C2c1cc2ccccc2[n+](C)c1. The normalized spacial score (nSPS) is 20.4. The molecule has 0 amide bonds. The Morgan fingerprint density at radius 1 is 1.05 bits per heavy atom. The van der Waals surface area contributed by atoms with Crippen molar-refractivity contribution in [3.05, 3.63) is 82.2 Å². The van der Waals surface area contributed by atoms with E-state index in [2.05, 4.69) is 80.4 Å². The minimum atomic E-state index is 0.284. The Kier molecular flexibility index (Phi) is 7.71. The Labute approximate surface area is 221 Å². The molecule has 1 fully saturated rings. The fraction of sp³-hybridized carbons (Fsp3) is 0.469. The number of hydrogen-bond acceptors (Lipinski definition) is 4. The first-order valence-electron chi connectivity index (χ1n) is 14.0. The molecule has 5 heteroatoms. The lowest BCUT2D eigenvalue weighted by Crippen LogP contribution is -2.29. The molecule has 0 spiro atoms. The van der Waals surface area contributed by atoms with Gasteiger partial charge in [-0.3, -0.25) is 4.98 Å². The molecule has 0 saturated heterocycles. The van der Waals surface area contributed by atoms with Gasteiger partial charge in [0.15, 0.2) is 6.20 Å². The fourth-order valence-electron chi connectivity index (χ4n) is 6.08. The predicted molar refractivity (Wildman–Crippen MR) is 149 cm³/mol. The largest absolute Gasteiger partial charge is 0.386 e. The van der Waals surface area contributed by atoms with E-state index in [1.807, 2.05) is 6.07 Å². The molecule has 1 aliphatic carbocycles. The molecule has 194 valence electrons. The zero-order valence-corrected chi connectivity index (χ0v) is 22.8. The number of fused-ring (bicyclic) bond motifs is 2. The number of nitrogens with one attached hydrogen (secondary N) is 2. The summed E-state index contributed by atoms with van der Waals surface area (Å²) in [5, 5.41) is 14.2. The van der Waals surface area contributed by atoms with Crippen LogP contribution in [-0.2, 0) is 18.3 Å². The first-order valence-corrected chi connectivity index (χ1v) is 14.0. The minimum absolute atomic E-state index is 0.284. The highest BCUT2D eigenvalue weighted by Gasteiger charge is 2.24. The molecule has 0 bridgehead atoms. The third-order valence-corrected chi connectivity index (χ3v) is 7.97. The molecule has 2 N–H and O–H groups in total. The Balaban J connectivity index is 1.54. The minimum Gasteiger partial charge on any atom is -0.386 e. The summed E-state index contributed by atoms with van der Waals surface area (Å²) in [4.78, 5) is 5.43. The number of aromatic nitrogens is 2. The molecule has 2 atom stereocenters. The van der Waals surface area contributed by atoms with Gasteiger partial charge >= 0.3 is 0 Å². The van der Waals surface area contributed by atoms with Crippen LogP contribution in [0.15, 0.2) is 48.8 Å². The van der Waals surface area contributed by atoms with Crippen LogP contribution in [0.25, 0.3) is 16.5 Å². The van der Waals surface area contributed by atoms with E-state index < -0.39 is 0 Å². The second kappa shape index (κ2) is 11.1. The number of rotatable bonds is 4. The van der Waals surface area contributed by atoms with E-state index in [1.54, 1.807) is 0 Å². The van der Waals surface area contributed by atoms with Crippen molar-refractivity contribution in [3.8, 4) is 0 Å². The van der Waals surface area contributed by atoms with Crippen molar-refractivity contribution >= 4 is 16.5 Å². The van der Waals surface area contributed by atoms with Gasteiger partial charge in [-0.25, -0.2) is 4.57 Å². The first-order chi connectivity index (χ1) is 17.9. The topological polar surface area (TPSA) is 61.9 Å². The highest BCUT2D eigenvalue weighted by Crippen LogP contribution is 2.34. The van der Waals surface area contributed by atoms with E-state index in [0.717, 1.165) is 65.8 Å². The zero-order chi connectivity index (χ0) is 25.9. The van der Waals surface area contributed by atoms with E-state index >= 15 is 0 Å². The van der Waals surface area contributed by atoms with Gasteiger partial charge in [0, 0.05) is 46.9 Å². The third kappa shape index (κ3) is 5.62. The van der Waals surface area contributed by atoms with Gasteiger partial charge in [-0.2, -0.15) is 0 Å². The summed E-state index contributed by atoms with van der Waals surface area (Å²) in [5.74, 6) is 0.377. The number of pyridine rings is 1. The fourth-order valence-corrected chi connectivity index (χ4v) is 6.08. The quantitative estimate of drug-likeness (QED) is 0.437. The monoisotopic (exact) mass is 497 g/mol. The van der Waals surface area contributed by atoms with Crippen LogP contribution >= 0.6 is 0 Å². The highest BCUT2D eigenvalue weighted by molar-refractivity contribution is 5.85. The Morgan fingerprint density at radius 3 is 2.65 bits per heavy atom. The van der Waals surface area contributed by atoms with Gasteiger partial charge < -0.3 is 15.5 Å². The molecule has 3 heterocycles. The van der Waals surface area contributed by atoms with Crippen LogP contribution in [-0.4, -0.2) is 17.2 Å². The van der Waals surface area contributed by atoms with Crippen LogP contribution in [0.5, 0.6) is 0 Å². The van der Waals surface area contributed by atoms with Crippen LogP contribution in [0.2, 0.25) is 0 Å². The molecule has 0 radical (unpaired) electrons. The Bertz CT molecular complexity index is 1380. The summed E-state index contributed by atoms with van der Waals surface area (Å²) >= 11 is 0. The molecule has 5 rings (SSSR count). The van der Waals surface area contributed by atoms with Crippen molar-refractivity contribution in [1.82, 2.24) is 10.3 Å². The summed E-state index contributed by atoms with van der Waals surface area (Å²) in [5.41, 5.74) is 7.72. The number of ether oxygens (including phenoxy) is 1. The third-order valence-electron chi connectivity index (χ3n) is 7.97. The number of hydrogen-bond donors (Lipinski definition) is 2. The van der Waals surface area contributed by atoms with Crippen molar-refractivity contribution in [1.29, 1.82) is 5.41 Å². The van der Waals surface area contributed by atoms with Gasteiger partial charge in [0.1, 0.15) is 7.05 Å². The number of aryl methyl sites for hydroxylation is 1. The Hall–Kier alpha value is -3.05. The van der Waals surface area contributed by atoms with Crippen LogP contribution in [0.4, 0.5) is 0 Å². The van der Waals surface area contributed by atoms with E-state index in [-0.39, 0.29) is 6.10 Å². The van der Waals surface area contributed by atoms with Gasteiger partial charge in [-0.1, -0.05) is 31.4 Å². The molecule has 5 nitrogen and oxygen atoms in total. The number of nitrogens with zero attached hydrogens (tertiary/aromatic N) is 2. The Morgan fingerprint density at radius 2 is 1.81 bits per heavy atom. The molecule has 2 unspecified atom stereocenters. The van der Waals surface area contributed by atoms with Crippen molar-refractivity contribution in [2.75, 3.05) is 0 Å². The highest BCUT2D eigenvalue weighted by atomic mass is 16.5. The molecule has 2 aromatic heterocycles. The van der Waals surface area contributed by atoms with Gasteiger partial charge in [0.05, 0.1) is 23.3 Å². The van der Waals surface area contributed by atoms with Crippen molar-refractivity contribution in [2.24, 2.45) is 7.05 Å². The van der Waals surface area contributed by atoms with E-state index in [4.69, 9.17) is 15.1 Å². The van der Waals surface area contributed by atoms with Gasteiger partial charge in [0.2, 0.25) is 5.52 Å². The molecular formula is C32H41N4O+. The summed E-state index contributed by atoms with van der Waals surface area (Å²) < 4.78 is 8.39. The van der Waals surface area contributed by atoms with E-state index in [9.17, 15) is 0 Å². The van der Waals surface area contributed by atoms with E-state index in [0.29, 0.717) is 23.9 Å². The molecule has 1 aliphatic heterocycles. The van der Waals surface area contributed by atoms with Crippen LogP contribution in [0, 0.1) is 12.3 Å². The average Bonchev–Trinajstić information content (AvgIpc) is 2.93. The second-order valence-corrected chi connectivity index (χ2v) is 11.1. The predicted octanol–water partition coefficient (Wildman–Crippen LogP) is 5.96. The zero-order valence-electron chi connectivity index (χ0n) is 22.8. The van der Waals surface area contributed by atoms with Crippen molar-refractivity contribution in [3.63, 3.8) is 0 Å². The molecule has 1 saturated carbocycles. The molecule has 1 aromatic carbocycles.